The Hall–Kier alpha value is -2.70. The summed E-state index contributed by atoms with van der Waals surface area (Å²) in [4.78, 5) is 25.6. The zero-order valence-corrected chi connectivity index (χ0v) is 12.5. The molecule has 0 aliphatic rings. The highest BCUT2D eigenvalue weighted by Gasteiger charge is 2.29. The monoisotopic (exact) mass is 337 g/mol. The molecule has 0 aliphatic carbocycles. The van der Waals surface area contributed by atoms with Gasteiger partial charge in [0.1, 0.15) is 0 Å². The van der Waals surface area contributed by atoms with Gasteiger partial charge in [0.2, 0.25) is 5.78 Å². The summed E-state index contributed by atoms with van der Waals surface area (Å²) in [5, 5.41) is 8.53. The topological polar surface area (TPSA) is 67.3 Å². The van der Waals surface area contributed by atoms with Crippen molar-refractivity contribution in [3.8, 4) is 0 Å². The van der Waals surface area contributed by atoms with Gasteiger partial charge in [-0.3, -0.25) is 9.78 Å². The number of hydrogen-bond donors (Lipinski definition) is 1. The lowest BCUT2D eigenvalue weighted by Gasteiger charge is -2.08. The van der Waals surface area contributed by atoms with Crippen LogP contribution in [-0.2, 0) is 35.0 Å². The summed E-state index contributed by atoms with van der Waals surface area (Å²) in [6, 6.07) is 8.28. The number of rotatable bonds is 6. The van der Waals surface area contributed by atoms with Crippen LogP contribution in [0, 0.1) is 0 Å². The third-order valence-corrected chi connectivity index (χ3v) is 3.45. The van der Waals surface area contributed by atoms with Crippen molar-refractivity contribution in [2.45, 2.75) is 25.4 Å². The van der Waals surface area contributed by atoms with E-state index in [1.807, 2.05) is 0 Å². The molecule has 0 bridgehead atoms. The molecule has 0 spiro atoms. The van der Waals surface area contributed by atoms with Crippen LogP contribution >= 0.6 is 0 Å². The minimum atomic E-state index is -4.34. The van der Waals surface area contributed by atoms with Crippen molar-refractivity contribution >= 4 is 11.8 Å². The summed E-state index contributed by atoms with van der Waals surface area (Å²) in [7, 11) is 0. The lowest BCUT2D eigenvalue weighted by atomic mass is 10.0. The highest BCUT2D eigenvalue weighted by Crippen LogP contribution is 2.29. The Bertz CT molecular complexity index is 722. The number of aromatic nitrogens is 1. The van der Waals surface area contributed by atoms with Gasteiger partial charge in [-0.25, -0.2) is 4.79 Å². The van der Waals surface area contributed by atoms with Crippen LogP contribution in [0.25, 0.3) is 0 Å². The first kappa shape index (κ1) is 17.7. The van der Waals surface area contributed by atoms with E-state index in [-0.39, 0.29) is 6.42 Å². The highest BCUT2D eigenvalue weighted by molar-refractivity contribution is 6.33. The number of benzene rings is 1. The third-order valence-electron chi connectivity index (χ3n) is 3.45. The summed E-state index contributed by atoms with van der Waals surface area (Å²) in [6.45, 7) is 0. The summed E-state index contributed by atoms with van der Waals surface area (Å²) in [6.07, 6.45) is -1.95. The molecule has 0 radical (unpaired) electrons. The highest BCUT2D eigenvalue weighted by atomic mass is 19.4. The molecule has 0 aliphatic heterocycles. The molecule has 0 unspecified atom stereocenters. The minimum Gasteiger partial charge on any atom is -0.475 e. The zero-order valence-electron chi connectivity index (χ0n) is 12.5. The Labute approximate surface area is 136 Å². The van der Waals surface area contributed by atoms with Crippen LogP contribution in [0.3, 0.4) is 0 Å². The van der Waals surface area contributed by atoms with E-state index in [2.05, 4.69) is 4.98 Å². The molecule has 2 rings (SSSR count). The number of pyridine rings is 1. The van der Waals surface area contributed by atoms with E-state index in [4.69, 9.17) is 5.11 Å². The number of halogens is 3. The molecule has 126 valence electrons. The van der Waals surface area contributed by atoms with Crippen LogP contribution in [0.15, 0.2) is 42.6 Å². The molecule has 1 aromatic carbocycles. The molecular weight excluding hydrogens is 323 g/mol. The molecule has 2 aromatic rings. The van der Waals surface area contributed by atoms with Gasteiger partial charge in [-0.2, -0.15) is 13.2 Å². The quantitative estimate of drug-likeness (QED) is 0.823. The second-order valence-electron chi connectivity index (χ2n) is 5.26. The molecule has 1 aromatic heterocycles. The number of carboxylic acid groups (broad SMARTS) is 1. The van der Waals surface area contributed by atoms with Crippen molar-refractivity contribution in [3.63, 3.8) is 0 Å². The molecule has 4 nitrogen and oxygen atoms in total. The summed E-state index contributed by atoms with van der Waals surface area (Å²) in [5.41, 5.74) is 1.30. The molecular formula is C17H14F3NO3. The minimum absolute atomic E-state index is 0.269. The number of alkyl halides is 3. The Morgan fingerprint density at radius 1 is 0.958 bits per heavy atom. The van der Waals surface area contributed by atoms with E-state index in [0.717, 1.165) is 23.3 Å². The second-order valence-corrected chi connectivity index (χ2v) is 5.26. The molecule has 0 atom stereocenters. The first-order valence-electron chi connectivity index (χ1n) is 7.12. The molecule has 24 heavy (non-hydrogen) atoms. The molecule has 0 fully saturated rings. The van der Waals surface area contributed by atoms with E-state index in [1.165, 1.54) is 18.3 Å². The number of ketones is 1. The van der Waals surface area contributed by atoms with E-state index >= 15 is 0 Å². The second kappa shape index (κ2) is 7.25. The van der Waals surface area contributed by atoms with Crippen LogP contribution in [0.2, 0.25) is 0 Å². The van der Waals surface area contributed by atoms with Crippen molar-refractivity contribution in [1.82, 2.24) is 4.98 Å². The molecule has 0 saturated heterocycles. The smallest absolute Gasteiger partial charge is 0.416 e. The van der Waals surface area contributed by atoms with Crippen molar-refractivity contribution in [1.29, 1.82) is 0 Å². The van der Waals surface area contributed by atoms with Crippen molar-refractivity contribution in [3.05, 3.63) is 65.0 Å². The predicted molar refractivity (Wildman–Crippen MR) is 79.4 cm³/mol. The zero-order chi connectivity index (χ0) is 17.7. The van der Waals surface area contributed by atoms with Gasteiger partial charge in [0, 0.05) is 11.9 Å². The number of carboxylic acids is 1. The van der Waals surface area contributed by atoms with E-state index in [0.29, 0.717) is 18.5 Å². The van der Waals surface area contributed by atoms with Gasteiger partial charge in [-0.05, 0) is 42.2 Å². The molecule has 0 amide bonds. The van der Waals surface area contributed by atoms with Gasteiger partial charge in [-0.1, -0.05) is 18.2 Å². The first-order chi connectivity index (χ1) is 11.3. The van der Waals surface area contributed by atoms with Crippen LogP contribution < -0.4 is 0 Å². The van der Waals surface area contributed by atoms with Gasteiger partial charge in [0.25, 0.3) is 0 Å². The fourth-order valence-electron chi connectivity index (χ4n) is 2.10. The molecule has 1 N–H and O–H groups in total. The van der Waals surface area contributed by atoms with Gasteiger partial charge in [-0.15, -0.1) is 0 Å². The van der Waals surface area contributed by atoms with Crippen LogP contribution in [0.1, 0.15) is 22.4 Å². The SMILES string of the molecule is O=C(O)C(=O)Cc1ccc(CCc2ccc(C(F)(F)F)cc2)cn1. The number of nitrogens with zero attached hydrogens (tertiary/aromatic N) is 1. The number of carbonyl (C=O) groups is 2. The fourth-order valence-corrected chi connectivity index (χ4v) is 2.10. The molecule has 1 heterocycles. The fraction of sp³-hybridized carbons (Fsp3) is 0.235. The number of hydrogen-bond acceptors (Lipinski definition) is 3. The van der Waals surface area contributed by atoms with Gasteiger partial charge in [0.05, 0.1) is 12.0 Å². The van der Waals surface area contributed by atoms with E-state index in [9.17, 15) is 22.8 Å². The number of Topliss-reactive ketones (excluding diaryl/α,β-unsaturated/α-hetero) is 1. The maximum atomic E-state index is 12.5. The van der Waals surface area contributed by atoms with Crippen molar-refractivity contribution in [2.24, 2.45) is 0 Å². The van der Waals surface area contributed by atoms with Gasteiger partial charge < -0.3 is 5.11 Å². The molecule has 7 heteroatoms. The normalized spacial score (nSPS) is 11.3. The average molecular weight is 337 g/mol. The maximum absolute atomic E-state index is 12.5. The van der Waals surface area contributed by atoms with Crippen LogP contribution in [-0.4, -0.2) is 21.8 Å². The summed E-state index contributed by atoms with van der Waals surface area (Å²) >= 11 is 0. The number of aliphatic carboxylic acids is 1. The standard InChI is InChI=1S/C17H14F3NO3/c18-17(19,20)13-6-3-11(4-7-13)1-2-12-5-8-14(21-10-12)9-15(22)16(23)24/h3-8,10H,1-2,9H2,(H,23,24). The predicted octanol–water partition coefficient (Wildman–Crippen LogP) is 3.08. The number of carbonyl (C=O) groups excluding carboxylic acids is 1. The summed E-state index contributed by atoms with van der Waals surface area (Å²) < 4.78 is 37.4. The average Bonchev–Trinajstić information content (AvgIpc) is 2.53. The van der Waals surface area contributed by atoms with Gasteiger partial charge in [0.15, 0.2) is 0 Å². The lowest BCUT2D eigenvalue weighted by Crippen LogP contribution is -2.15. The van der Waals surface area contributed by atoms with Crippen molar-refractivity contribution in [2.75, 3.05) is 0 Å². The Kier molecular flexibility index (Phi) is 5.33. The maximum Gasteiger partial charge on any atom is 0.416 e. The Morgan fingerprint density at radius 3 is 2.04 bits per heavy atom. The van der Waals surface area contributed by atoms with Gasteiger partial charge >= 0.3 is 12.1 Å². The summed E-state index contributed by atoms with van der Waals surface area (Å²) in [5.74, 6) is -2.43. The lowest BCUT2D eigenvalue weighted by molar-refractivity contribution is -0.148. The third kappa shape index (κ3) is 4.91. The van der Waals surface area contributed by atoms with E-state index in [1.54, 1.807) is 12.1 Å². The van der Waals surface area contributed by atoms with E-state index < -0.39 is 23.5 Å². The molecule has 0 saturated carbocycles. The van der Waals surface area contributed by atoms with Crippen LogP contribution in [0.4, 0.5) is 13.2 Å². The van der Waals surface area contributed by atoms with Crippen LogP contribution in [0.5, 0.6) is 0 Å². The number of aryl methyl sites for hydroxylation is 2. The Morgan fingerprint density at radius 2 is 1.54 bits per heavy atom. The first-order valence-corrected chi connectivity index (χ1v) is 7.12. The van der Waals surface area contributed by atoms with Crippen molar-refractivity contribution < 1.29 is 27.9 Å². The largest absolute Gasteiger partial charge is 0.475 e. The Balaban J connectivity index is 1.92.